The average Bonchev–Trinajstić information content (AvgIpc) is 3.55. The Morgan fingerprint density at radius 3 is 2.81 bits per heavy atom. The van der Waals surface area contributed by atoms with Gasteiger partial charge < -0.3 is 19.2 Å². The number of hydrogen-bond acceptors (Lipinski definition) is 6. The predicted molar refractivity (Wildman–Crippen MR) is 116 cm³/mol. The molecule has 2 aromatic heterocycles. The number of likely N-dealkylation sites (tertiary alicyclic amines) is 1. The molecule has 164 valence electrons. The average molecular weight is 425 g/mol. The van der Waals surface area contributed by atoms with Gasteiger partial charge in [-0.1, -0.05) is 0 Å². The third-order valence-corrected chi connectivity index (χ3v) is 6.64. The summed E-state index contributed by atoms with van der Waals surface area (Å²) in [6.45, 7) is 5.52. The summed E-state index contributed by atoms with van der Waals surface area (Å²) in [4.78, 5) is 22.1. The van der Waals surface area contributed by atoms with Crippen LogP contribution < -0.4 is 9.47 Å². The first kappa shape index (κ1) is 20.1. The van der Waals surface area contributed by atoms with Crippen LogP contribution in [0, 0.1) is 5.41 Å². The molecule has 2 aliphatic heterocycles. The minimum atomic E-state index is -0.161. The molecule has 1 aromatic carbocycles. The maximum absolute atomic E-state index is 12.6. The van der Waals surface area contributed by atoms with Crippen LogP contribution in [0.4, 0.5) is 0 Å². The fourth-order valence-corrected chi connectivity index (χ4v) is 4.63. The summed E-state index contributed by atoms with van der Waals surface area (Å²) in [6.07, 6.45) is 8.32. The maximum Gasteiger partial charge on any atom is 0.279 e. The molecule has 8 heteroatoms. The minimum absolute atomic E-state index is 0.161. The lowest BCUT2D eigenvalue weighted by Gasteiger charge is -2.38. The zero-order chi connectivity index (χ0) is 21.3. The van der Waals surface area contributed by atoms with E-state index in [4.69, 9.17) is 14.2 Å². The van der Waals surface area contributed by atoms with E-state index in [9.17, 15) is 4.79 Å². The Balaban J connectivity index is 1.23. The van der Waals surface area contributed by atoms with Crippen molar-refractivity contribution < 1.29 is 19.0 Å². The molecule has 3 aromatic rings. The monoisotopic (exact) mass is 424 g/mol. The maximum atomic E-state index is 12.6. The van der Waals surface area contributed by atoms with Gasteiger partial charge >= 0.3 is 0 Å². The summed E-state index contributed by atoms with van der Waals surface area (Å²) >= 11 is 0. The molecule has 2 fully saturated rings. The molecule has 0 unspecified atom stereocenters. The molecule has 4 heterocycles. The quantitative estimate of drug-likeness (QED) is 0.655. The predicted octanol–water partition coefficient (Wildman–Crippen LogP) is 2.94. The first-order valence-electron chi connectivity index (χ1n) is 10.8. The second-order valence-corrected chi connectivity index (χ2v) is 8.54. The summed E-state index contributed by atoms with van der Waals surface area (Å²) in [6, 6.07) is 5.63. The number of carbonyl (C=O) groups excluding carboxylic acids is 1. The van der Waals surface area contributed by atoms with Crippen LogP contribution in [0.2, 0.25) is 0 Å². The normalized spacial score (nSPS) is 18.6. The number of nitrogens with one attached hydrogen (secondary N) is 1. The number of fused-ring (bicyclic) bond motifs is 1. The number of ether oxygens (including phenoxy) is 3. The Bertz CT molecular complexity index is 1040. The van der Waals surface area contributed by atoms with Crippen molar-refractivity contribution in [2.45, 2.75) is 19.3 Å². The second-order valence-electron chi connectivity index (χ2n) is 8.54. The highest BCUT2D eigenvalue weighted by atomic mass is 16.5. The molecule has 1 N–H and O–H groups in total. The van der Waals surface area contributed by atoms with E-state index >= 15 is 0 Å². The summed E-state index contributed by atoms with van der Waals surface area (Å²) in [5.74, 6) is 1.18. The van der Waals surface area contributed by atoms with E-state index in [1.165, 1.54) is 30.2 Å². The summed E-state index contributed by atoms with van der Waals surface area (Å²) in [5.41, 5.74) is 1.74. The summed E-state index contributed by atoms with van der Waals surface area (Å²) < 4.78 is 18.7. The van der Waals surface area contributed by atoms with E-state index in [2.05, 4.69) is 14.9 Å². The third kappa shape index (κ3) is 4.05. The van der Waals surface area contributed by atoms with Crippen LogP contribution in [0.1, 0.15) is 29.8 Å². The molecule has 2 aliphatic rings. The molecule has 31 heavy (non-hydrogen) atoms. The Labute approximate surface area is 181 Å². The van der Waals surface area contributed by atoms with Crippen molar-refractivity contribution in [3.05, 3.63) is 42.6 Å². The van der Waals surface area contributed by atoms with Crippen LogP contribution >= 0.6 is 0 Å². The first-order valence-corrected chi connectivity index (χ1v) is 10.8. The Kier molecular flexibility index (Phi) is 5.41. The molecule has 0 atom stereocenters. The number of rotatable bonds is 6. The van der Waals surface area contributed by atoms with Gasteiger partial charge in [0.15, 0.2) is 11.5 Å². The lowest BCUT2D eigenvalue weighted by atomic mass is 9.78. The van der Waals surface area contributed by atoms with Gasteiger partial charge in [0.05, 0.1) is 13.7 Å². The Hall–Kier alpha value is -2.84. The van der Waals surface area contributed by atoms with Crippen molar-refractivity contribution >= 4 is 16.8 Å². The lowest BCUT2D eigenvalue weighted by molar-refractivity contribution is 0.0735. The SMILES string of the molecule is COc1cc2[nH]c(C(=O)n3ccnc3)cc2cc1OCCN1CCC2(CCOC2)CC1. The van der Waals surface area contributed by atoms with Crippen molar-refractivity contribution in [3.8, 4) is 11.5 Å². The second kappa shape index (κ2) is 8.36. The smallest absolute Gasteiger partial charge is 0.279 e. The van der Waals surface area contributed by atoms with Crippen LogP contribution in [-0.2, 0) is 4.74 Å². The third-order valence-electron chi connectivity index (χ3n) is 6.64. The van der Waals surface area contributed by atoms with Crippen LogP contribution in [0.25, 0.3) is 10.9 Å². The fourth-order valence-electron chi connectivity index (χ4n) is 4.63. The first-order chi connectivity index (χ1) is 15.2. The zero-order valence-electron chi connectivity index (χ0n) is 17.8. The number of aromatic amines is 1. The number of hydrogen-bond donors (Lipinski definition) is 1. The van der Waals surface area contributed by atoms with Gasteiger partial charge in [-0.2, -0.15) is 0 Å². The molecule has 1 spiro atoms. The van der Waals surface area contributed by atoms with Gasteiger partial charge in [0, 0.05) is 42.5 Å². The van der Waals surface area contributed by atoms with Crippen LogP contribution in [0.3, 0.4) is 0 Å². The van der Waals surface area contributed by atoms with Crippen molar-refractivity contribution in [3.63, 3.8) is 0 Å². The van der Waals surface area contributed by atoms with Crippen LogP contribution in [0.5, 0.6) is 11.5 Å². The number of nitrogens with zero attached hydrogens (tertiary/aromatic N) is 3. The summed E-state index contributed by atoms with van der Waals surface area (Å²) in [5, 5.41) is 0.903. The van der Waals surface area contributed by atoms with Gasteiger partial charge in [0.2, 0.25) is 0 Å². The number of aromatic nitrogens is 3. The van der Waals surface area contributed by atoms with Gasteiger partial charge in [0.1, 0.15) is 18.6 Å². The van der Waals surface area contributed by atoms with Crippen LogP contribution in [0.15, 0.2) is 36.9 Å². The van der Waals surface area contributed by atoms with E-state index in [1.54, 1.807) is 19.5 Å². The zero-order valence-corrected chi connectivity index (χ0v) is 17.8. The van der Waals surface area contributed by atoms with Crippen molar-refractivity contribution in [1.82, 2.24) is 19.4 Å². The molecule has 0 amide bonds. The highest BCUT2D eigenvalue weighted by Crippen LogP contribution is 2.39. The standard InChI is InChI=1S/C23H28N4O4/c1-29-20-14-18-17(12-19(25-18)22(28)27-8-5-24-16-27)13-21(20)31-11-9-26-6-2-23(3-7-26)4-10-30-15-23/h5,8,12-14,16,25H,2-4,6-7,9-11,15H2,1H3. The van der Waals surface area contributed by atoms with Crippen molar-refractivity contribution in [2.24, 2.45) is 5.41 Å². The minimum Gasteiger partial charge on any atom is -0.493 e. The lowest BCUT2D eigenvalue weighted by Crippen LogP contribution is -2.42. The van der Waals surface area contributed by atoms with Gasteiger partial charge in [-0.05, 0) is 49.9 Å². The van der Waals surface area contributed by atoms with Crippen LogP contribution in [-0.4, -0.2) is 71.9 Å². The molecule has 0 aliphatic carbocycles. The molecule has 0 saturated carbocycles. The van der Waals surface area contributed by atoms with Gasteiger partial charge in [-0.25, -0.2) is 4.98 Å². The van der Waals surface area contributed by atoms with E-state index < -0.39 is 0 Å². The number of methoxy groups -OCH3 is 1. The number of imidazole rings is 1. The van der Waals surface area contributed by atoms with Gasteiger partial charge in [-0.3, -0.25) is 14.3 Å². The number of carbonyl (C=O) groups is 1. The molecule has 8 nitrogen and oxygen atoms in total. The molecule has 0 bridgehead atoms. The van der Waals surface area contributed by atoms with Gasteiger partial charge in [-0.15, -0.1) is 0 Å². The van der Waals surface area contributed by atoms with Crippen molar-refractivity contribution in [1.29, 1.82) is 0 Å². The molecular formula is C23H28N4O4. The van der Waals surface area contributed by atoms with E-state index in [0.29, 0.717) is 29.2 Å². The highest BCUT2D eigenvalue weighted by molar-refractivity contribution is 5.99. The molecule has 0 radical (unpaired) electrons. The Morgan fingerprint density at radius 2 is 2.10 bits per heavy atom. The molecule has 2 saturated heterocycles. The topological polar surface area (TPSA) is 81.6 Å². The number of benzene rings is 1. The fraction of sp³-hybridized carbons (Fsp3) is 0.478. The number of piperidine rings is 1. The van der Waals surface area contributed by atoms with E-state index in [0.717, 1.165) is 43.8 Å². The molecule has 5 rings (SSSR count). The van der Waals surface area contributed by atoms with Gasteiger partial charge in [0.25, 0.3) is 5.91 Å². The van der Waals surface area contributed by atoms with E-state index in [-0.39, 0.29) is 5.91 Å². The van der Waals surface area contributed by atoms with Crippen molar-refractivity contribution in [2.75, 3.05) is 46.6 Å². The molecular weight excluding hydrogens is 396 g/mol. The highest BCUT2D eigenvalue weighted by Gasteiger charge is 2.37. The van der Waals surface area contributed by atoms with E-state index in [1.807, 2.05) is 18.2 Å². The number of H-pyrrole nitrogens is 1. The summed E-state index contributed by atoms with van der Waals surface area (Å²) in [7, 11) is 1.63. The Morgan fingerprint density at radius 1 is 1.23 bits per heavy atom. The largest absolute Gasteiger partial charge is 0.493 e.